The van der Waals surface area contributed by atoms with E-state index in [1.165, 1.54) is 0 Å². The zero-order chi connectivity index (χ0) is 23.9. The number of H-pyrrole nitrogens is 1. The molecule has 176 valence electrons. The number of benzene rings is 2. The van der Waals surface area contributed by atoms with Crippen molar-refractivity contribution in [2.75, 3.05) is 32.0 Å². The van der Waals surface area contributed by atoms with Gasteiger partial charge in [-0.3, -0.25) is 9.89 Å². The Morgan fingerprint density at radius 3 is 2.41 bits per heavy atom. The average molecular weight is 459 g/mol. The highest BCUT2D eigenvalue weighted by molar-refractivity contribution is 6.04. The number of carbonyl (C=O) groups excluding carboxylic acids is 2. The Balaban J connectivity index is 1.39. The summed E-state index contributed by atoms with van der Waals surface area (Å²) >= 11 is 0. The molecule has 8 nitrogen and oxygen atoms in total. The molecule has 2 aliphatic rings. The lowest BCUT2D eigenvalue weighted by molar-refractivity contribution is 0.0607. The fraction of sp³-hybridized carbons (Fsp3) is 0.346. The summed E-state index contributed by atoms with van der Waals surface area (Å²) in [6.45, 7) is 6.70. The van der Waals surface area contributed by atoms with Crippen LogP contribution < -0.4 is 5.32 Å². The van der Waals surface area contributed by atoms with Crippen molar-refractivity contribution in [1.82, 2.24) is 24.9 Å². The molecule has 2 aliphatic heterocycles. The summed E-state index contributed by atoms with van der Waals surface area (Å²) in [5.41, 5.74) is 2.82. The summed E-state index contributed by atoms with van der Waals surface area (Å²) in [7, 11) is 2.09. The summed E-state index contributed by atoms with van der Waals surface area (Å²) < 4.78 is 0. The van der Waals surface area contributed by atoms with Gasteiger partial charge in [0.25, 0.3) is 5.91 Å². The maximum atomic E-state index is 13.9. The van der Waals surface area contributed by atoms with Crippen molar-refractivity contribution in [2.45, 2.75) is 32.0 Å². The van der Waals surface area contributed by atoms with Gasteiger partial charge in [-0.1, -0.05) is 48.5 Å². The maximum absolute atomic E-state index is 13.9. The molecule has 2 aromatic carbocycles. The first-order valence-electron chi connectivity index (χ1n) is 11.6. The third-order valence-corrected chi connectivity index (χ3v) is 6.98. The number of hydrogen-bond donors (Lipinski definition) is 2. The fourth-order valence-corrected chi connectivity index (χ4v) is 4.96. The number of fused-ring (bicyclic) bond motifs is 1. The van der Waals surface area contributed by atoms with Crippen molar-refractivity contribution in [3.05, 3.63) is 83.0 Å². The van der Waals surface area contributed by atoms with Crippen LogP contribution in [0.1, 0.15) is 47.1 Å². The van der Waals surface area contributed by atoms with E-state index in [9.17, 15) is 9.59 Å². The molecule has 0 spiro atoms. The molecule has 3 aromatic rings. The lowest BCUT2D eigenvalue weighted by Crippen LogP contribution is -2.55. The smallest absolute Gasteiger partial charge is 0.315 e. The number of likely N-dealkylation sites (N-methyl/N-ethyl adjacent to an activating group) is 1. The summed E-state index contributed by atoms with van der Waals surface area (Å²) in [5, 5.41) is 10.4. The zero-order valence-corrected chi connectivity index (χ0v) is 19.8. The number of carbonyl (C=O) groups is 2. The van der Waals surface area contributed by atoms with Crippen LogP contribution in [0.2, 0.25) is 0 Å². The highest BCUT2D eigenvalue weighted by Gasteiger charge is 2.46. The van der Waals surface area contributed by atoms with Crippen LogP contribution in [0.25, 0.3) is 0 Å². The number of anilines is 1. The Morgan fingerprint density at radius 1 is 1.03 bits per heavy atom. The van der Waals surface area contributed by atoms with Gasteiger partial charge in [-0.05, 0) is 38.6 Å². The number of hydrogen-bond acceptors (Lipinski definition) is 4. The molecule has 34 heavy (non-hydrogen) atoms. The highest BCUT2D eigenvalue weighted by Crippen LogP contribution is 2.42. The van der Waals surface area contributed by atoms with Crippen LogP contribution in [0.3, 0.4) is 0 Å². The molecule has 0 aliphatic carbocycles. The standard InChI is InChI=1S/C26H30N6O2/c1-26(2)22-20(23(29-28-22)27-24(33)19-12-8-5-9-13-19)16-32(26)25(34)31-15-14-30(3)17-21(31)18-10-6-4-7-11-18/h4-13,21H,14-17H2,1-3H3,(H2,27,28,29,33). The quantitative estimate of drug-likeness (QED) is 0.625. The van der Waals surface area contributed by atoms with Crippen molar-refractivity contribution in [2.24, 2.45) is 0 Å². The van der Waals surface area contributed by atoms with E-state index in [1.807, 2.05) is 60.0 Å². The number of nitrogens with zero attached hydrogens (tertiary/aromatic N) is 4. The van der Waals surface area contributed by atoms with Gasteiger partial charge in [-0.25, -0.2) is 4.79 Å². The Bertz CT molecular complexity index is 1190. The molecule has 3 heterocycles. The van der Waals surface area contributed by atoms with Gasteiger partial charge in [-0.15, -0.1) is 0 Å². The number of nitrogens with one attached hydrogen (secondary N) is 2. The molecular weight excluding hydrogens is 428 g/mol. The second kappa shape index (κ2) is 8.61. The lowest BCUT2D eigenvalue weighted by Gasteiger charge is -2.44. The summed E-state index contributed by atoms with van der Waals surface area (Å²) in [6.07, 6.45) is 0. The summed E-state index contributed by atoms with van der Waals surface area (Å²) in [6, 6.07) is 19.2. The zero-order valence-electron chi connectivity index (χ0n) is 19.8. The molecular formula is C26H30N6O2. The molecule has 1 fully saturated rings. The van der Waals surface area contributed by atoms with Crippen LogP contribution in [0.15, 0.2) is 60.7 Å². The van der Waals surface area contributed by atoms with Gasteiger partial charge < -0.3 is 20.0 Å². The van der Waals surface area contributed by atoms with E-state index in [0.29, 0.717) is 24.5 Å². The van der Waals surface area contributed by atoms with Crippen LogP contribution in [0.4, 0.5) is 10.6 Å². The predicted molar refractivity (Wildman–Crippen MR) is 130 cm³/mol. The molecule has 1 atom stereocenters. The monoisotopic (exact) mass is 458 g/mol. The van der Waals surface area contributed by atoms with Crippen molar-refractivity contribution in [3.8, 4) is 0 Å². The first-order valence-corrected chi connectivity index (χ1v) is 11.6. The van der Waals surface area contributed by atoms with Crippen molar-refractivity contribution >= 4 is 17.8 Å². The number of rotatable bonds is 3. The number of aromatic nitrogens is 2. The Hall–Kier alpha value is -3.65. The molecule has 2 N–H and O–H groups in total. The van der Waals surface area contributed by atoms with Crippen LogP contribution in [0, 0.1) is 0 Å². The van der Waals surface area contributed by atoms with Crippen molar-refractivity contribution in [1.29, 1.82) is 0 Å². The normalized spacial score (nSPS) is 19.7. The van der Waals surface area contributed by atoms with Crippen LogP contribution in [-0.4, -0.2) is 63.5 Å². The Morgan fingerprint density at radius 2 is 1.71 bits per heavy atom. The van der Waals surface area contributed by atoms with E-state index in [1.54, 1.807) is 12.1 Å². The number of aromatic amines is 1. The van der Waals surface area contributed by atoms with Crippen LogP contribution in [-0.2, 0) is 12.1 Å². The SMILES string of the molecule is CN1CCN(C(=O)N2Cc3c(NC(=O)c4ccccc4)n[nH]c3C2(C)C)C(c2ccccc2)C1. The molecule has 0 radical (unpaired) electrons. The fourth-order valence-electron chi connectivity index (χ4n) is 4.96. The van der Waals surface area contributed by atoms with Gasteiger partial charge in [-0.2, -0.15) is 5.10 Å². The third-order valence-electron chi connectivity index (χ3n) is 6.98. The second-order valence-corrected chi connectivity index (χ2v) is 9.56. The van der Waals surface area contributed by atoms with Gasteiger partial charge >= 0.3 is 6.03 Å². The van der Waals surface area contributed by atoms with Gasteiger partial charge in [0.15, 0.2) is 5.82 Å². The van der Waals surface area contributed by atoms with Gasteiger partial charge in [0.2, 0.25) is 0 Å². The van der Waals surface area contributed by atoms with E-state index in [4.69, 9.17) is 0 Å². The molecule has 0 saturated carbocycles. The maximum Gasteiger partial charge on any atom is 0.321 e. The van der Waals surface area contributed by atoms with E-state index >= 15 is 0 Å². The molecule has 1 unspecified atom stereocenters. The van der Waals surface area contributed by atoms with E-state index < -0.39 is 5.54 Å². The van der Waals surface area contributed by atoms with E-state index in [0.717, 1.165) is 29.9 Å². The Kier molecular flexibility index (Phi) is 5.61. The lowest BCUT2D eigenvalue weighted by atomic mass is 10.00. The van der Waals surface area contributed by atoms with E-state index in [2.05, 4.69) is 39.6 Å². The molecule has 1 saturated heterocycles. The summed E-state index contributed by atoms with van der Waals surface area (Å²) in [5.74, 6) is 0.255. The first-order chi connectivity index (χ1) is 16.4. The molecule has 3 amide bonds. The van der Waals surface area contributed by atoms with E-state index in [-0.39, 0.29) is 18.0 Å². The van der Waals surface area contributed by atoms with Gasteiger partial charge in [0.05, 0.1) is 23.8 Å². The third kappa shape index (κ3) is 3.84. The van der Waals surface area contributed by atoms with Crippen LogP contribution in [0.5, 0.6) is 0 Å². The van der Waals surface area contributed by atoms with Gasteiger partial charge in [0, 0.05) is 30.8 Å². The second-order valence-electron chi connectivity index (χ2n) is 9.56. The number of piperazine rings is 1. The van der Waals surface area contributed by atoms with Crippen molar-refractivity contribution < 1.29 is 9.59 Å². The number of amides is 3. The van der Waals surface area contributed by atoms with Gasteiger partial charge in [0.1, 0.15) is 0 Å². The minimum Gasteiger partial charge on any atom is -0.315 e. The highest BCUT2D eigenvalue weighted by atomic mass is 16.2. The topological polar surface area (TPSA) is 84.6 Å². The summed E-state index contributed by atoms with van der Waals surface area (Å²) in [4.78, 5) is 32.8. The number of urea groups is 1. The predicted octanol–water partition coefficient (Wildman–Crippen LogP) is 3.82. The minimum absolute atomic E-state index is 0.00288. The molecule has 5 rings (SSSR count). The van der Waals surface area contributed by atoms with Crippen molar-refractivity contribution in [3.63, 3.8) is 0 Å². The molecule has 1 aromatic heterocycles. The minimum atomic E-state index is -0.584. The molecule has 0 bridgehead atoms. The van der Waals surface area contributed by atoms with Crippen LogP contribution >= 0.6 is 0 Å². The largest absolute Gasteiger partial charge is 0.321 e. The average Bonchev–Trinajstić information content (AvgIpc) is 3.37. The first kappa shape index (κ1) is 22.2. The Labute approximate surface area is 199 Å². The molecule has 8 heteroatoms.